The second-order valence-corrected chi connectivity index (χ2v) is 3.29. The lowest BCUT2D eigenvalue weighted by Gasteiger charge is -2.15. The van der Waals surface area contributed by atoms with Crippen molar-refractivity contribution in [2.24, 2.45) is 0 Å². The molecule has 0 saturated carbocycles. The normalized spacial score (nSPS) is 13.3. The Bertz CT molecular complexity index is 220. The highest BCUT2D eigenvalue weighted by Crippen LogP contribution is 2.10. The quantitative estimate of drug-likeness (QED) is 0.672. The molecule has 1 heterocycles. The van der Waals surface area contributed by atoms with Gasteiger partial charge in [-0.25, -0.2) is 0 Å². The zero-order chi connectivity index (χ0) is 8.97. The van der Waals surface area contributed by atoms with Gasteiger partial charge in [0.25, 0.3) is 0 Å². The van der Waals surface area contributed by atoms with E-state index in [2.05, 4.69) is 35.9 Å². The fraction of sp³-hybridized carbons (Fsp3) is 0.556. The summed E-state index contributed by atoms with van der Waals surface area (Å²) in [6.07, 6.45) is 5.27. The minimum Gasteiger partial charge on any atom is -0.309 e. The van der Waals surface area contributed by atoms with E-state index in [4.69, 9.17) is 0 Å². The van der Waals surface area contributed by atoms with Crippen LogP contribution in [0.2, 0.25) is 0 Å². The smallest absolute Gasteiger partial charge is 0.0627 e. The van der Waals surface area contributed by atoms with E-state index >= 15 is 0 Å². The molecule has 1 atom stereocenters. The van der Waals surface area contributed by atoms with Gasteiger partial charge in [0.1, 0.15) is 0 Å². The summed E-state index contributed by atoms with van der Waals surface area (Å²) in [7, 11) is 4.12. The van der Waals surface area contributed by atoms with Gasteiger partial charge in [0.15, 0.2) is 0 Å². The van der Waals surface area contributed by atoms with Gasteiger partial charge in [-0.15, -0.1) is 0 Å². The minimum absolute atomic E-state index is 0.452. The van der Waals surface area contributed by atoms with Gasteiger partial charge in [0.2, 0.25) is 0 Å². The van der Waals surface area contributed by atoms with E-state index in [1.807, 2.05) is 6.20 Å². The van der Waals surface area contributed by atoms with E-state index in [-0.39, 0.29) is 0 Å². The molecule has 1 unspecified atom stereocenters. The van der Waals surface area contributed by atoms with Crippen molar-refractivity contribution in [3.05, 3.63) is 24.3 Å². The summed E-state index contributed by atoms with van der Waals surface area (Å²) in [5.74, 6) is 0.452. The Kier molecular flexibility index (Phi) is 3.17. The summed E-state index contributed by atoms with van der Waals surface area (Å²) in [5.41, 5.74) is 1.06. The van der Waals surface area contributed by atoms with Crippen molar-refractivity contribution in [2.75, 3.05) is 20.6 Å². The van der Waals surface area contributed by atoms with Gasteiger partial charge in [-0.05, 0) is 14.1 Å². The molecule has 0 radical (unpaired) electrons. The van der Waals surface area contributed by atoms with Crippen LogP contribution < -0.4 is 0 Å². The molecule has 0 bridgehead atoms. The molecule has 0 spiro atoms. The van der Waals surface area contributed by atoms with E-state index in [0.717, 1.165) is 12.2 Å². The molecule has 3 heteroatoms. The number of nitrogens with zero attached hydrogens (tertiary/aromatic N) is 3. The lowest BCUT2D eigenvalue weighted by molar-refractivity contribution is 0.380. The van der Waals surface area contributed by atoms with Crippen molar-refractivity contribution in [1.82, 2.24) is 14.9 Å². The highest BCUT2D eigenvalue weighted by Gasteiger charge is 2.06. The van der Waals surface area contributed by atoms with E-state index < -0.39 is 0 Å². The highest BCUT2D eigenvalue weighted by molar-refractivity contribution is 5.02. The molecule has 1 rings (SSSR count). The van der Waals surface area contributed by atoms with Gasteiger partial charge >= 0.3 is 0 Å². The van der Waals surface area contributed by atoms with E-state index in [1.165, 1.54) is 0 Å². The van der Waals surface area contributed by atoms with Crippen molar-refractivity contribution in [3.63, 3.8) is 0 Å². The lowest BCUT2D eigenvalue weighted by atomic mass is 10.1. The van der Waals surface area contributed by atoms with E-state index in [1.54, 1.807) is 12.4 Å². The third kappa shape index (κ3) is 2.58. The number of rotatable bonds is 3. The molecule has 12 heavy (non-hydrogen) atoms. The van der Waals surface area contributed by atoms with Crippen LogP contribution in [-0.2, 0) is 0 Å². The Labute approximate surface area is 73.5 Å². The molecule has 0 N–H and O–H groups in total. The summed E-state index contributed by atoms with van der Waals surface area (Å²) >= 11 is 0. The average Bonchev–Trinajstić information content (AvgIpc) is 2.05. The molecule has 0 aliphatic carbocycles. The van der Waals surface area contributed by atoms with Crippen LogP contribution in [0.4, 0.5) is 0 Å². The standard InChI is InChI=1S/C9H15N3/c1-8(7-12(2)3)9-6-10-4-5-11-9/h4-6,8H,7H2,1-3H3. The lowest BCUT2D eigenvalue weighted by Crippen LogP contribution is -2.19. The van der Waals surface area contributed by atoms with Gasteiger partial charge in [-0.2, -0.15) is 0 Å². The number of hydrogen-bond acceptors (Lipinski definition) is 3. The van der Waals surface area contributed by atoms with Gasteiger partial charge in [-0.3, -0.25) is 9.97 Å². The van der Waals surface area contributed by atoms with Gasteiger partial charge in [0.05, 0.1) is 5.69 Å². The maximum atomic E-state index is 4.24. The Morgan fingerprint density at radius 2 is 2.17 bits per heavy atom. The highest BCUT2D eigenvalue weighted by atomic mass is 15.1. The van der Waals surface area contributed by atoms with Crippen LogP contribution in [0.1, 0.15) is 18.5 Å². The topological polar surface area (TPSA) is 29.0 Å². The summed E-state index contributed by atoms with van der Waals surface area (Å²) < 4.78 is 0. The van der Waals surface area contributed by atoms with Crippen LogP contribution in [0.15, 0.2) is 18.6 Å². The minimum atomic E-state index is 0.452. The molecule has 0 aliphatic heterocycles. The molecular weight excluding hydrogens is 150 g/mol. The van der Waals surface area contributed by atoms with Crippen molar-refractivity contribution in [1.29, 1.82) is 0 Å². The molecule has 0 fully saturated rings. The maximum absolute atomic E-state index is 4.24. The van der Waals surface area contributed by atoms with Gasteiger partial charge < -0.3 is 4.90 Å². The third-order valence-corrected chi connectivity index (χ3v) is 1.73. The first-order valence-corrected chi connectivity index (χ1v) is 4.11. The maximum Gasteiger partial charge on any atom is 0.0627 e. The fourth-order valence-electron chi connectivity index (χ4n) is 1.21. The molecule has 1 aromatic heterocycles. The Morgan fingerprint density at radius 1 is 1.42 bits per heavy atom. The molecular formula is C9H15N3. The first-order chi connectivity index (χ1) is 5.70. The Morgan fingerprint density at radius 3 is 2.67 bits per heavy atom. The predicted octanol–water partition coefficient (Wildman–Crippen LogP) is 1.14. The zero-order valence-electron chi connectivity index (χ0n) is 7.86. The SMILES string of the molecule is CC(CN(C)C)c1cnccn1. The summed E-state index contributed by atoms with van der Waals surface area (Å²) in [5, 5.41) is 0. The van der Waals surface area contributed by atoms with Crippen molar-refractivity contribution in [2.45, 2.75) is 12.8 Å². The third-order valence-electron chi connectivity index (χ3n) is 1.73. The van der Waals surface area contributed by atoms with Gasteiger partial charge in [0, 0.05) is 31.1 Å². The second-order valence-electron chi connectivity index (χ2n) is 3.29. The molecule has 1 aromatic rings. The molecule has 0 saturated heterocycles. The second kappa shape index (κ2) is 4.16. The summed E-state index contributed by atoms with van der Waals surface area (Å²) in [4.78, 5) is 10.4. The predicted molar refractivity (Wildman–Crippen MR) is 49.0 cm³/mol. The Hall–Kier alpha value is -0.960. The molecule has 0 amide bonds. The monoisotopic (exact) mass is 165 g/mol. The van der Waals surface area contributed by atoms with Crippen molar-refractivity contribution >= 4 is 0 Å². The van der Waals surface area contributed by atoms with Crippen LogP contribution in [-0.4, -0.2) is 35.5 Å². The number of likely N-dealkylation sites (N-methyl/N-ethyl adjacent to an activating group) is 1. The van der Waals surface area contributed by atoms with Crippen LogP contribution in [0.5, 0.6) is 0 Å². The average molecular weight is 165 g/mol. The first-order valence-electron chi connectivity index (χ1n) is 4.11. The van der Waals surface area contributed by atoms with Crippen LogP contribution >= 0.6 is 0 Å². The summed E-state index contributed by atoms with van der Waals surface area (Å²) in [6.45, 7) is 3.17. The number of aromatic nitrogens is 2. The molecule has 0 aliphatic rings. The summed E-state index contributed by atoms with van der Waals surface area (Å²) in [6, 6.07) is 0. The molecule has 66 valence electrons. The first kappa shape index (κ1) is 9.13. The number of hydrogen-bond donors (Lipinski definition) is 0. The largest absolute Gasteiger partial charge is 0.309 e. The van der Waals surface area contributed by atoms with Crippen LogP contribution in [0, 0.1) is 0 Å². The van der Waals surface area contributed by atoms with E-state index in [0.29, 0.717) is 5.92 Å². The van der Waals surface area contributed by atoms with Gasteiger partial charge in [-0.1, -0.05) is 6.92 Å². The van der Waals surface area contributed by atoms with Crippen LogP contribution in [0.3, 0.4) is 0 Å². The Balaban J connectivity index is 2.59. The molecule has 3 nitrogen and oxygen atoms in total. The molecule has 0 aromatic carbocycles. The zero-order valence-corrected chi connectivity index (χ0v) is 7.86. The van der Waals surface area contributed by atoms with Crippen LogP contribution in [0.25, 0.3) is 0 Å². The van der Waals surface area contributed by atoms with E-state index in [9.17, 15) is 0 Å². The van der Waals surface area contributed by atoms with Crippen molar-refractivity contribution in [3.8, 4) is 0 Å². The van der Waals surface area contributed by atoms with Crippen molar-refractivity contribution < 1.29 is 0 Å². The fourth-order valence-corrected chi connectivity index (χ4v) is 1.21.